The van der Waals surface area contributed by atoms with Crippen molar-refractivity contribution >= 4 is 16.8 Å². The van der Waals surface area contributed by atoms with E-state index in [2.05, 4.69) is 19.9 Å². The summed E-state index contributed by atoms with van der Waals surface area (Å²) in [5.74, 6) is 0. The molecule has 0 unspecified atom stereocenters. The van der Waals surface area contributed by atoms with Gasteiger partial charge in [0.2, 0.25) is 0 Å². The molecular weight excluding hydrogens is 190 g/mol. The molecule has 3 rings (SSSR count). The predicted molar refractivity (Wildman–Crippen MR) is 55.6 cm³/mol. The van der Waals surface area contributed by atoms with Crippen molar-refractivity contribution in [3.8, 4) is 0 Å². The van der Waals surface area contributed by atoms with Crippen LogP contribution >= 0.6 is 0 Å². The topological polar surface area (TPSA) is 56.0 Å². The molecule has 74 valence electrons. The minimum absolute atomic E-state index is 0.650. The zero-order chi connectivity index (χ0) is 10.4. The number of aryl methyl sites for hydroxylation is 2. The van der Waals surface area contributed by atoms with Gasteiger partial charge in [-0.15, -0.1) is 0 Å². The molecule has 0 aliphatic heterocycles. The summed E-state index contributed by atoms with van der Waals surface area (Å²) >= 11 is 0. The van der Waals surface area contributed by atoms with Crippen molar-refractivity contribution in [3.63, 3.8) is 0 Å². The van der Waals surface area contributed by atoms with Crippen LogP contribution in [0.1, 0.15) is 11.4 Å². The van der Waals surface area contributed by atoms with Gasteiger partial charge in [0.25, 0.3) is 0 Å². The second kappa shape index (κ2) is 2.73. The van der Waals surface area contributed by atoms with Gasteiger partial charge in [-0.2, -0.15) is 0 Å². The third-order valence-electron chi connectivity index (χ3n) is 2.47. The second-order valence-corrected chi connectivity index (χ2v) is 3.47. The molecule has 0 saturated heterocycles. The standard InChI is InChI=1S/C10H9N5/c1-6-7(2)14-9-8(13-6)10-11-3-4-15(10)5-12-9/h3-5H,1-2H3. The van der Waals surface area contributed by atoms with Gasteiger partial charge < -0.3 is 0 Å². The third kappa shape index (κ3) is 1.09. The molecule has 0 fully saturated rings. The van der Waals surface area contributed by atoms with Gasteiger partial charge in [-0.05, 0) is 13.8 Å². The number of rotatable bonds is 0. The average molecular weight is 199 g/mol. The van der Waals surface area contributed by atoms with E-state index >= 15 is 0 Å². The summed E-state index contributed by atoms with van der Waals surface area (Å²) in [7, 11) is 0. The first-order valence-electron chi connectivity index (χ1n) is 4.68. The van der Waals surface area contributed by atoms with Gasteiger partial charge in [0.15, 0.2) is 16.8 Å². The van der Waals surface area contributed by atoms with Crippen LogP contribution in [-0.2, 0) is 0 Å². The Hall–Kier alpha value is -2.04. The van der Waals surface area contributed by atoms with Crippen LogP contribution in [0.3, 0.4) is 0 Å². The highest BCUT2D eigenvalue weighted by atomic mass is 15.1. The molecule has 3 aromatic rings. The average Bonchev–Trinajstić information content (AvgIpc) is 2.68. The van der Waals surface area contributed by atoms with Gasteiger partial charge in [0, 0.05) is 12.4 Å². The van der Waals surface area contributed by atoms with Crippen molar-refractivity contribution in [1.82, 2.24) is 24.3 Å². The van der Waals surface area contributed by atoms with E-state index in [9.17, 15) is 0 Å². The minimum Gasteiger partial charge on any atom is -0.289 e. The van der Waals surface area contributed by atoms with Gasteiger partial charge in [0.05, 0.1) is 11.4 Å². The molecule has 0 aromatic carbocycles. The normalized spacial score (nSPS) is 11.3. The van der Waals surface area contributed by atoms with E-state index in [4.69, 9.17) is 0 Å². The molecule has 0 bridgehead atoms. The van der Waals surface area contributed by atoms with Crippen LogP contribution in [0.2, 0.25) is 0 Å². The lowest BCUT2D eigenvalue weighted by molar-refractivity contribution is 1.04. The van der Waals surface area contributed by atoms with Crippen molar-refractivity contribution in [3.05, 3.63) is 30.1 Å². The molecule has 3 heterocycles. The number of aromatic nitrogens is 5. The highest BCUT2D eigenvalue weighted by Crippen LogP contribution is 2.14. The fraction of sp³-hybridized carbons (Fsp3) is 0.200. The summed E-state index contributed by atoms with van der Waals surface area (Å²) in [5, 5.41) is 0. The van der Waals surface area contributed by atoms with Gasteiger partial charge in [-0.3, -0.25) is 4.40 Å². The molecule has 3 aromatic heterocycles. The predicted octanol–water partition coefficient (Wildman–Crippen LogP) is 1.29. The van der Waals surface area contributed by atoms with Gasteiger partial charge in [-0.25, -0.2) is 19.9 Å². The van der Waals surface area contributed by atoms with Crippen molar-refractivity contribution in [2.24, 2.45) is 0 Å². The quantitative estimate of drug-likeness (QED) is 0.547. The first kappa shape index (κ1) is 8.28. The molecule has 15 heavy (non-hydrogen) atoms. The van der Waals surface area contributed by atoms with Crippen LogP contribution in [-0.4, -0.2) is 24.3 Å². The van der Waals surface area contributed by atoms with Crippen LogP contribution in [0, 0.1) is 13.8 Å². The summed E-state index contributed by atoms with van der Waals surface area (Å²) < 4.78 is 1.84. The van der Waals surface area contributed by atoms with E-state index in [1.807, 2.05) is 24.4 Å². The Balaban J connectivity index is 2.57. The van der Waals surface area contributed by atoms with E-state index < -0.39 is 0 Å². The Morgan fingerprint density at radius 3 is 2.73 bits per heavy atom. The first-order valence-corrected chi connectivity index (χ1v) is 4.68. The summed E-state index contributed by atoms with van der Waals surface area (Å²) in [5.41, 5.74) is 4.03. The van der Waals surface area contributed by atoms with Crippen LogP contribution in [0.25, 0.3) is 16.8 Å². The Morgan fingerprint density at radius 1 is 1.07 bits per heavy atom. The lowest BCUT2D eigenvalue weighted by atomic mass is 10.3. The SMILES string of the molecule is Cc1nc2ncn3ccnc3c2nc1C. The molecule has 0 saturated carbocycles. The van der Waals surface area contributed by atoms with Crippen LogP contribution in [0.15, 0.2) is 18.7 Å². The van der Waals surface area contributed by atoms with Crippen molar-refractivity contribution in [2.45, 2.75) is 13.8 Å². The van der Waals surface area contributed by atoms with E-state index in [0.717, 1.165) is 22.6 Å². The van der Waals surface area contributed by atoms with Gasteiger partial charge >= 0.3 is 0 Å². The highest BCUT2D eigenvalue weighted by Gasteiger charge is 2.07. The summed E-state index contributed by atoms with van der Waals surface area (Å²) in [6, 6.07) is 0. The molecule has 0 radical (unpaired) electrons. The largest absolute Gasteiger partial charge is 0.289 e. The molecule has 5 heteroatoms. The second-order valence-electron chi connectivity index (χ2n) is 3.47. The maximum atomic E-state index is 4.47. The first-order chi connectivity index (χ1) is 7.25. The molecule has 0 aliphatic rings. The van der Waals surface area contributed by atoms with E-state index in [1.165, 1.54) is 0 Å². The van der Waals surface area contributed by atoms with Crippen LogP contribution in [0.4, 0.5) is 0 Å². The third-order valence-corrected chi connectivity index (χ3v) is 2.47. The fourth-order valence-corrected chi connectivity index (χ4v) is 1.54. The number of fused-ring (bicyclic) bond motifs is 3. The molecule has 0 N–H and O–H groups in total. The zero-order valence-corrected chi connectivity index (χ0v) is 8.47. The van der Waals surface area contributed by atoms with Gasteiger partial charge in [-0.1, -0.05) is 0 Å². The Labute approximate surface area is 85.8 Å². The number of imidazole rings is 1. The number of hydrogen-bond donors (Lipinski definition) is 0. The number of hydrogen-bond acceptors (Lipinski definition) is 4. The maximum Gasteiger partial charge on any atom is 0.183 e. The highest BCUT2D eigenvalue weighted by molar-refractivity contribution is 5.84. The van der Waals surface area contributed by atoms with Crippen molar-refractivity contribution in [2.75, 3.05) is 0 Å². The van der Waals surface area contributed by atoms with E-state index in [-0.39, 0.29) is 0 Å². The van der Waals surface area contributed by atoms with E-state index in [1.54, 1.807) is 12.5 Å². The molecule has 0 amide bonds. The van der Waals surface area contributed by atoms with Crippen molar-refractivity contribution in [1.29, 1.82) is 0 Å². The fourth-order valence-electron chi connectivity index (χ4n) is 1.54. The number of nitrogens with zero attached hydrogens (tertiary/aromatic N) is 5. The van der Waals surface area contributed by atoms with Crippen LogP contribution < -0.4 is 0 Å². The lowest BCUT2D eigenvalue weighted by Gasteiger charge is -2.02. The van der Waals surface area contributed by atoms with Crippen LogP contribution in [0.5, 0.6) is 0 Å². The van der Waals surface area contributed by atoms with Crippen molar-refractivity contribution < 1.29 is 0 Å². The molecule has 0 atom stereocenters. The summed E-state index contributed by atoms with van der Waals surface area (Å²) in [4.78, 5) is 17.3. The Kier molecular flexibility index (Phi) is 1.50. The zero-order valence-electron chi connectivity index (χ0n) is 8.47. The van der Waals surface area contributed by atoms with E-state index in [0.29, 0.717) is 5.65 Å². The molecule has 0 spiro atoms. The molecule has 0 aliphatic carbocycles. The Morgan fingerprint density at radius 2 is 1.87 bits per heavy atom. The summed E-state index contributed by atoms with van der Waals surface area (Å²) in [6.07, 6.45) is 5.28. The maximum absolute atomic E-state index is 4.47. The lowest BCUT2D eigenvalue weighted by Crippen LogP contribution is -1.98. The molecule has 5 nitrogen and oxygen atoms in total. The summed E-state index contributed by atoms with van der Waals surface area (Å²) in [6.45, 7) is 3.87. The smallest absolute Gasteiger partial charge is 0.183 e. The van der Waals surface area contributed by atoms with Gasteiger partial charge in [0.1, 0.15) is 6.33 Å². The monoisotopic (exact) mass is 199 g/mol. The minimum atomic E-state index is 0.650. The molecular formula is C10H9N5. The Bertz CT molecular complexity index is 655.